The van der Waals surface area contributed by atoms with E-state index in [0.717, 1.165) is 44.8 Å². The quantitative estimate of drug-likeness (QED) is 0.829. The zero-order valence-corrected chi connectivity index (χ0v) is 10.9. The van der Waals surface area contributed by atoms with E-state index in [9.17, 15) is 4.79 Å². The number of carbonyl (C=O) groups is 1. The van der Waals surface area contributed by atoms with E-state index in [4.69, 9.17) is 5.11 Å². The first-order valence-electron chi connectivity index (χ1n) is 6.57. The van der Waals surface area contributed by atoms with E-state index in [1.807, 2.05) is 19.3 Å². The van der Waals surface area contributed by atoms with Gasteiger partial charge in [-0.2, -0.15) is 0 Å². The second-order valence-corrected chi connectivity index (χ2v) is 5.06. The molecule has 2 heterocycles. The summed E-state index contributed by atoms with van der Waals surface area (Å²) in [6, 6.07) is 0. The molecule has 1 aliphatic heterocycles. The van der Waals surface area contributed by atoms with Gasteiger partial charge in [0.15, 0.2) is 0 Å². The van der Waals surface area contributed by atoms with Crippen LogP contribution in [0, 0.1) is 12.8 Å². The number of rotatable bonds is 6. The number of aromatic nitrogens is 2. The van der Waals surface area contributed by atoms with Crippen molar-refractivity contribution in [2.45, 2.75) is 32.7 Å². The molecule has 1 unspecified atom stereocenters. The van der Waals surface area contributed by atoms with E-state index < -0.39 is 5.97 Å². The third-order valence-corrected chi connectivity index (χ3v) is 3.72. The normalized spacial score (nSPS) is 20.4. The van der Waals surface area contributed by atoms with Crippen molar-refractivity contribution in [2.75, 3.05) is 19.6 Å². The first-order valence-corrected chi connectivity index (χ1v) is 6.57. The summed E-state index contributed by atoms with van der Waals surface area (Å²) >= 11 is 0. The topological polar surface area (TPSA) is 58.4 Å². The second kappa shape index (κ2) is 6.00. The van der Waals surface area contributed by atoms with Gasteiger partial charge in [-0.25, -0.2) is 4.98 Å². The van der Waals surface area contributed by atoms with E-state index in [0.29, 0.717) is 12.3 Å². The summed E-state index contributed by atoms with van der Waals surface area (Å²) in [5.41, 5.74) is 0. The Kier molecular flexibility index (Phi) is 4.36. The van der Waals surface area contributed by atoms with Crippen LogP contribution in [0.2, 0.25) is 0 Å². The Labute approximate surface area is 107 Å². The number of carboxylic acid groups (broad SMARTS) is 1. The summed E-state index contributed by atoms with van der Waals surface area (Å²) in [5.74, 6) is 0.934. The highest BCUT2D eigenvalue weighted by molar-refractivity contribution is 5.66. The number of likely N-dealkylation sites (tertiary alicyclic amines) is 1. The Bertz CT molecular complexity index is 403. The molecule has 0 saturated carbocycles. The lowest BCUT2D eigenvalue weighted by atomic mass is 10.0. The van der Waals surface area contributed by atoms with Gasteiger partial charge in [-0.1, -0.05) is 0 Å². The number of hydrogen-bond donors (Lipinski definition) is 1. The molecular formula is C13H21N3O2. The highest BCUT2D eigenvalue weighted by Crippen LogP contribution is 2.20. The van der Waals surface area contributed by atoms with E-state index in [2.05, 4.69) is 14.5 Å². The molecule has 0 spiro atoms. The van der Waals surface area contributed by atoms with E-state index >= 15 is 0 Å². The average Bonchev–Trinajstić information content (AvgIpc) is 2.93. The molecule has 1 aliphatic rings. The fourth-order valence-electron chi connectivity index (χ4n) is 2.57. The van der Waals surface area contributed by atoms with Gasteiger partial charge in [-0.15, -0.1) is 0 Å². The minimum Gasteiger partial charge on any atom is -0.481 e. The van der Waals surface area contributed by atoms with Crippen LogP contribution in [0.3, 0.4) is 0 Å². The molecule has 1 aromatic rings. The lowest BCUT2D eigenvalue weighted by Gasteiger charge is -2.16. The molecule has 1 fully saturated rings. The van der Waals surface area contributed by atoms with Crippen molar-refractivity contribution >= 4 is 5.97 Å². The van der Waals surface area contributed by atoms with Gasteiger partial charge in [0.05, 0.1) is 0 Å². The van der Waals surface area contributed by atoms with Crippen molar-refractivity contribution in [3.8, 4) is 0 Å². The SMILES string of the molecule is Cc1nccn1CCN1CCC(CCC(=O)O)C1. The van der Waals surface area contributed by atoms with Crippen LogP contribution in [0.15, 0.2) is 12.4 Å². The molecule has 100 valence electrons. The van der Waals surface area contributed by atoms with Crippen molar-refractivity contribution in [3.63, 3.8) is 0 Å². The van der Waals surface area contributed by atoms with Crippen LogP contribution in [0.1, 0.15) is 25.1 Å². The minimum absolute atomic E-state index is 0.305. The molecule has 1 saturated heterocycles. The molecule has 0 aliphatic carbocycles. The molecule has 5 nitrogen and oxygen atoms in total. The van der Waals surface area contributed by atoms with Crippen LogP contribution in [0.5, 0.6) is 0 Å². The highest BCUT2D eigenvalue weighted by atomic mass is 16.4. The van der Waals surface area contributed by atoms with Gasteiger partial charge >= 0.3 is 5.97 Å². The number of aliphatic carboxylic acids is 1. The smallest absolute Gasteiger partial charge is 0.303 e. The summed E-state index contributed by atoms with van der Waals surface area (Å²) in [4.78, 5) is 17.2. The molecule has 5 heteroatoms. The van der Waals surface area contributed by atoms with Crippen molar-refractivity contribution in [1.82, 2.24) is 14.5 Å². The predicted molar refractivity (Wildman–Crippen MR) is 68.4 cm³/mol. The fraction of sp³-hybridized carbons (Fsp3) is 0.692. The standard InChI is InChI=1S/C13H21N3O2/c1-11-14-5-7-16(11)9-8-15-6-4-12(10-15)2-3-13(17)18/h5,7,12H,2-4,6,8-10H2,1H3,(H,17,18). The van der Waals surface area contributed by atoms with Crippen LogP contribution in [-0.4, -0.2) is 45.2 Å². The fourth-order valence-corrected chi connectivity index (χ4v) is 2.57. The monoisotopic (exact) mass is 251 g/mol. The summed E-state index contributed by atoms with van der Waals surface area (Å²) in [5, 5.41) is 8.67. The lowest BCUT2D eigenvalue weighted by molar-refractivity contribution is -0.137. The Morgan fingerprint density at radius 2 is 2.39 bits per heavy atom. The zero-order chi connectivity index (χ0) is 13.0. The number of hydrogen-bond acceptors (Lipinski definition) is 3. The zero-order valence-electron chi connectivity index (χ0n) is 10.9. The van der Waals surface area contributed by atoms with Gasteiger partial charge in [0.2, 0.25) is 0 Å². The summed E-state index contributed by atoms with van der Waals surface area (Å²) in [6.07, 6.45) is 6.09. The third-order valence-electron chi connectivity index (χ3n) is 3.72. The van der Waals surface area contributed by atoms with Crippen LogP contribution in [0.4, 0.5) is 0 Å². The molecule has 18 heavy (non-hydrogen) atoms. The van der Waals surface area contributed by atoms with Crippen molar-refractivity contribution < 1.29 is 9.90 Å². The molecule has 0 aromatic carbocycles. The maximum Gasteiger partial charge on any atom is 0.303 e. The van der Waals surface area contributed by atoms with Gasteiger partial charge in [-0.05, 0) is 32.2 Å². The third kappa shape index (κ3) is 3.57. The molecule has 1 atom stereocenters. The largest absolute Gasteiger partial charge is 0.481 e. The van der Waals surface area contributed by atoms with Gasteiger partial charge in [0, 0.05) is 38.4 Å². The van der Waals surface area contributed by atoms with Crippen LogP contribution in [-0.2, 0) is 11.3 Å². The predicted octanol–water partition coefficient (Wildman–Crippen LogP) is 1.38. The minimum atomic E-state index is -0.678. The van der Waals surface area contributed by atoms with Gasteiger partial charge < -0.3 is 14.6 Å². The molecule has 0 bridgehead atoms. The molecule has 0 radical (unpaired) electrons. The molecular weight excluding hydrogens is 230 g/mol. The number of aryl methyl sites for hydroxylation is 1. The Morgan fingerprint density at radius 1 is 1.56 bits per heavy atom. The average molecular weight is 251 g/mol. The molecule has 1 N–H and O–H groups in total. The van der Waals surface area contributed by atoms with E-state index in [-0.39, 0.29) is 0 Å². The van der Waals surface area contributed by atoms with Gasteiger partial charge in [0.25, 0.3) is 0 Å². The molecule has 1 aromatic heterocycles. The molecule has 0 amide bonds. The summed E-state index contributed by atoms with van der Waals surface area (Å²) in [6.45, 7) is 6.15. The Hall–Kier alpha value is -1.36. The van der Waals surface area contributed by atoms with E-state index in [1.165, 1.54) is 0 Å². The maximum atomic E-state index is 10.5. The lowest BCUT2D eigenvalue weighted by Crippen LogP contribution is -2.25. The van der Waals surface area contributed by atoms with Crippen LogP contribution < -0.4 is 0 Å². The summed E-state index contributed by atoms with van der Waals surface area (Å²) < 4.78 is 2.16. The molecule has 2 rings (SSSR count). The van der Waals surface area contributed by atoms with Crippen molar-refractivity contribution in [1.29, 1.82) is 0 Å². The van der Waals surface area contributed by atoms with Crippen molar-refractivity contribution in [2.24, 2.45) is 5.92 Å². The first kappa shape index (κ1) is 13.1. The number of carboxylic acids is 1. The van der Waals surface area contributed by atoms with Gasteiger partial charge in [0.1, 0.15) is 5.82 Å². The number of imidazole rings is 1. The van der Waals surface area contributed by atoms with E-state index in [1.54, 1.807) is 0 Å². The van der Waals surface area contributed by atoms with Crippen LogP contribution in [0.25, 0.3) is 0 Å². The Balaban J connectivity index is 1.70. The highest BCUT2D eigenvalue weighted by Gasteiger charge is 2.22. The van der Waals surface area contributed by atoms with Crippen molar-refractivity contribution in [3.05, 3.63) is 18.2 Å². The first-order chi connectivity index (χ1) is 8.65. The second-order valence-electron chi connectivity index (χ2n) is 5.06. The van der Waals surface area contributed by atoms with Crippen LogP contribution >= 0.6 is 0 Å². The Morgan fingerprint density at radius 3 is 3.06 bits per heavy atom. The summed E-state index contributed by atoms with van der Waals surface area (Å²) in [7, 11) is 0. The maximum absolute atomic E-state index is 10.5. The number of nitrogens with zero attached hydrogens (tertiary/aromatic N) is 3. The van der Waals surface area contributed by atoms with Gasteiger partial charge in [-0.3, -0.25) is 4.79 Å².